The lowest BCUT2D eigenvalue weighted by molar-refractivity contribution is 0.234. The molecule has 0 radical (unpaired) electrons. The minimum absolute atomic E-state index is 0.103. The maximum absolute atomic E-state index is 5.02. The van der Waals surface area contributed by atoms with Crippen LogP contribution in [0.2, 0.25) is 0 Å². The van der Waals surface area contributed by atoms with Gasteiger partial charge in [-0.2, -0.15) is 0 Å². The summed E-state index contributed by atoms with van der Waals surface area (Å²) in [4.78, 5) is 15.0. The molecule has 0 amide bonds. The van der Waals surface area contributed by atoms with Crippen molar-refractivity contribution in [3.05, 3.63) is 199 Å². The summed E-state index contributed by atoms with van der Waals surface area (Å²) in [5, 5.41) is 7.80. The van der Waals surface area contributed by atoms with Crippen LogP contribution in [-0.4, -0.2) is 15.0 Å². The van der Waals surface area contributed by atoms with E-state index >= 15 is 0 Å². The summed E-state index contributed by atoms with van der Waals surface area (Å²) in [6, 6.07) is 54.3. The zero-order valence-corrected chi connectivity index (χ0v) is 30.4. The van der Waals surface area contributed by atoms with Gasteiger partial charge in [0.2, 0.25) is 0 Å². The van der Waals surface area contributed by atoms with Crippen molar-refractivity contribution in [2.75, 3.05) is 0 Å². The van der Waals surface area contributed by atoms with Gasteiger partial charge in [0.05, 0.1) is 0 Å². The number of aromatic nitrogens is 3. The molecule has 10 rings (SSSR count). The molecule has 8 aromatic rings. The highest BCUT2D eigenvalue weighted by atomic mass is 15.0. The van der Waals surface area contributed by atoms with Gasteiger partial charge >= 0.3 is 0 Å². The van der Waals surface area contributed by atoms with Crippen LogP contribution in [0.5, 0.6) is 0 Å². The molecule has 258 valence electrons. The average Bonchev–Trinajstić information content (AvgIpc) is 3.24. The van der Waals surface area contributed by atoms with Gasteiger partial charge in [-0.15, -0.1) is 0 Å². The number of fused-ring (bicyclic) bond motifs is 7. The summed E-state index contributed by atoms with van der Waals surface area (Å²) >= 11 is 0. The highest BCUT2D eigenvalue weighted by Gasteiger charge is 2.50. The molecule has 0 fully saturated rings. The van der Waals surface area contributed by atoms with Crippen LogP contribution in [-0.2, 0) is 5.41 Å². The largest absolute Gasteiger partial charge is 0.208 e. The summed E-state index contributed by atoms with van der Waals surface area (Å²) < 4.78 is 0. The second-order valence-corrected chi connectivity index (χ2v) is 15.2. The van der Waals surface area contributed by atoms with Gasteiger partial charge in [-0.3, -0.25) is 0 Å². The Labute approximate surface area is 316 Å². The van der Waals surface area contributed by atoms with Crippen LogP contribution in [0.25, 0.3) is 66.5 Å². The number of hydrogen-bond acceptors (Lipinski definition) is 3. The second-order valence-electron chi connectivity index (χ2n) is 15.2. The van der Waals surface area contributed by atoms with Crippen molar-refractivity contribution in [2.45, 2.75) is 31.6 Å². The molecule has 1 aromatic heterocycles. The first-order chi connectivity index (χ1) is 26.5. The monoisotopic (exact) mass is 693 g/mol. The molecule has 3 unspecified atom stereocenters. The van der Waals surface area contributed by atoms with Crippen molar-refractivity contribution in [3.63, 3.8) is 0 Å². The van der Waals surface area contributed by atoms with Gasteiger partial charge in [0.25, 0.3) is 0 Å². The van der Waals surface area contributed by atoms with Gasteiger partial charge in [-0.05, 0) is 61.5 Å². The molecule has 1 heterocycles. The van der Waals surface area contributed by atoms with Crippen LogP contribution in [0.3, 0.4) is 0 Å². The van der Waals surface area contributed by atoms with E-state index in [4.69, 9.17) is 15.0 Å². The molecular weight excluding hydrogens is 655 g/mol. The molecule has 3 nitrogen and oxygen atoms in total. The zero-order valence-electron chi connectivity index (χ0n) is 30.4. The molecule has 0 saturated carbocycles. The first-order valence-electron chi connectivity index (χ1n) is 18.9. The summed E-state index contributed by atoms with van der Waals surface area (Å²) in [6.45, 7) is 4.90. The summed E-state index contributed by atoms with van der Waals surface area (Å²) in [5.74, 6) is 2.17. The minimum atomic E-state index is -0.284. The molecule has 2 aliphatic carbocycles. The van der Waals surface area contributed by atoms with E-state index in [1.54, 1.807) is 0 Å². The van der Waals surface area contributed by atoms with Crippen molar-refractivity contribution in [2.24, 2.45) is 5.41 Å². The fourth-order valence-electron chi connectivity index (χ4n) is 9.33. The van der Waals surface area contributed by atoms with E-state index in [1.165, 1.54) is 49.0 Å². The Kier molecular flexibility index (Phi) is 7.52. The van der Waals surface area contributed by atoms with Gasteiger partial charge in [0, 0.05) is 33.4 Å². The van der Waals surface area contributed by atoms with Gasteiger partial charge in [0.15, 0.2) is 17.5 Å². The quantitative estimate of drug-likeness (QED) is 0.168. The number of nitrogens with zero attached hydrogens (tertiary/aromatic N) is 3. The number of rotatable bonds is 5. The van der Waals surface area contributed by atoms with Crippen LogP contribution in [0.15, 0.2) is 188 Å². The SMILES string of the molecule is CC12CC=CC=C1C=CC(C)(c1ccc3c4ccccc4c4ccccc4c3c1)C2c1ccc(-c2nc(-c3ccccc3)nc(-c3ccccc3)n2)cc1. The van der Waals surface area contributed by atoms with Crippen LogP contribution >= 0.6 is 0 Å². The summed E-state index contributed by atoms with van der Waals surface area (Å²) in [5.41, 5.74) is 6.53. The fraction of sp³-hybridized carbons (Fsp3) is 0.118. The molecule has 0 spiro atoms. The second kappa shape index (κ2) is 12.6. The van der Waals surface area contributed by atoms with E-state index in [2.05, 4.69) is 159 Å². The average molecular weight is 694 g/mol. The molecule has 54 heavy (non-hydrogen) atoms. The smallest absolute Gasteiger partial charge is 0.164 e. The molecule has 3 heteroatoms. The molecule has 2 aliphatic rings. The number of benzene rings is 7. The maximum Gasteiger partial charge on any atom is 0.164 e. The van der Waals surface area contributed by atoms with Crippen LogP contribution < -0.4 is 0 Å². The minimum Gasteiger partial charge on any atom is -0.208 e. The molecule has 0 saturated heterocycles. The standard InChI is InChI=1S/C51H39N3/c1-50-31-14-13-19-38(50)30-32-51(2,39-28-29-44-42-22-10-9-20-40(42)41-21-11-12-23-43(41)45(44)33-39)46(50)34-24-26-37(27-25-34)49-53-47(35-15-5-3-6-16-35)52-48(54-49)36-17-7-4-8-18-36/h3-30,32-33,46H,31H2,1-2H3. The highest BCUT2D eigenvalue weighted by molar-refractivity contribution is 6.25. The normalized spacial score (nSPS) is 20.6. The molecular formula is C51H39N3. The van der Waals surface area contributed by atoms with E-state index in [9.17, 15) is 0 Å². The number of hydrogen-bond donors (Lipinski definition) is 0. The summed E-state index contributed by atoms with van der Waals surface area (Å²) in [7, 11) is 0. The lowest BCUT2D eigenvalue weighted by atomic mass is 9.51. The third-order valence-corrected chi connectivity index (χ3v) is 12.0. The predicted octanol–water partition coefficient (Wildman–Crippen LogP) is 12.8. The van der Waals surface area contributed by atoms with Gasteiger partial charge in [0.1, 0.15) is 0 Å². The van der Waals surface area contributed by atoms with Gasteiger partial charge in [-0.25, -0.2) is 15.0 Å². The van der Waals surface area contributed by atoms with Crippen molar-refractivity contribution >= 4 is 32.3 Å². The Morgan fingerprint density at radius 1 is 0.500 bits per heavy atom. The van der Waals surface area contributed by atoms with Crippen molar-refractivity contribution in [1.29, 1.82) is 0 Å². The summed E-state index contributed by atoms with van der Waals surface area (Å²) in [6.07, 6.45) is 12.7. The highest BCUT2D eigenvalue weighted by Crippen LogP contribution is 2.59. The molecule has 0 aliphatic heterocycles. The van der Waals surface area contributed by atoms with Crippen molar-refractivity contribution < 1.29 is 0 Å². The third kappa shape index (κ3) is 5.15. The van der Waals surface area contributed by atoms with Gasteiger partial charge < -0.3 is 0 Å². The first kappa shape index (κ1) is 32.2. The fourth-order valence-corrected chi connectivity index (χ4v) is 9.33. The van der Waals surface area contributed by atoms with E-state index in [-0.39, 0.29) is 16.7 Å². The van der Waals surface area contributed by atoms with Crippen molar-refractivity contribution in [1.82, 2.24) is 15.0 Å². The molecule has 0 bridgehead atoms. The molecule has 7 aromatic carbocycles. The third-order valence-electron chi connectivity index (χ3n) is 12.0. The van der Waals surface area contributed by atoms with Crippen LogP contribution in [0, 0.1) is 5.41 Å². The van der Waals surface area contributed by atoms with Crippen LogP contribution in [0.1, 0.15) is 37.3 Å². The molecule has 0 N–H and O–H groups in total. The predicted molar refractivity (Wildman–Crippen MR) is 224 cm³/mol. The maximum atomic E-state index is 5.02. The lowest BCUT2D eigenvalue weighted by Crippen LogP contribution is -2.43. The Balaban J connectivity index is 1.12. The topological polar surface area (TPSA) is 38.7 Å². The van der Waals surface area contributed by atoms with Gasteiger partial charge in [-0.1, -0.05) is 190 Å². The molecule has 3 atom stereocenters. The Morgan fingerprint density at radius 3 is 1.54 bits per heavy atom. The Morgan fingerprint density at radius 2 is 0.981 bits per heavy atom. The Hall–Kier alpha value is -6.45. The van der Waals surface area contributed by atoms with Crippen LogP contribution in [0.4, 0.5) is 0 Å². The lowest BCUT2D eigenvalue weighted by Gasteiger charge is -2.52. The van der Waals surface area contributed by atoms with E-state index < -0.39 is 0 Å². The van der Waals surface area contributed by atoms with E-state index in [0.717, 1.165) is 23.1 Å². The first-order valence-corrected chi connectivity index (χ1v) is 18.9. The van der Waals surface area contributed by atoms with E-state index in [0.29, 0.717) is 17.5 Å². The van der Waals surface area contributed by atoms with E-state index in [1.807, 2.05) is 36.4 Å². The van der Waals surface area contributed by atoms with Crippen molar-refractivity contribution in [3.8, 4) is 34.2 Å². The zero-order chi connectivity index (χ0) is 36.3. The number of allylic oxidation sites excluding steroid dienone is 6. The Bertz CT molecular complexity index is 2720.